The van der Waals surface area contributed by atoms with Crippen molar-refractivity contribution in [3.63, 3.8) is 0 Å². The van der Waals surface area contributed by atoms with Crippen molar-refractivity contribution >= 4 is 27.3 Å². The van der Waals surface area contributed by atoms with E-state index in [0.29, 0.717) is 38.3 Å². The molecule has 3 aromatic rings. The van der Waals surface area contributed by atoms with Gasteiger partial charge >= 0.3 is 0 Å². The lowest BCUT2D eigenvalue weighted by Crippen LogP contribution is -2.48. The van der Waals surface area contributed by atoms with E-state index in [1.165, 1.54) is 4.31 Å². The summed E-state index contributed by atoms with van der Waals surface area (Å²) in [4.78, 5) is 14.8. The van der Waals surface area contributed by atoms with E-state index >= 15 is 0 Å². The predicted molar refractivity (Wildman–Crippen MR) is 139 cm³/mol. The average molecular weight is 494 g/mol. The molecule has 1 aliphatic heterocycles. The maximum Gasteiger partial charge on any atom is 0.243 e. The highest BCUT2D eigenvalue weighted by Crippen LogP contribution is 2.29. The number of amides is 1. The van der Waals surface area contributed by atoms with Crippen molar-refractivity contribution in [2.75, 3.05) is 43.5 Å². The molecule has 3 aromatic carbocycles. The molecule has 1 heterocycles. The maximum absolute atomic E-state index is 13.2. The first-order chi connectivity index (χ1) is 16.9. The first kappa shape index (κ1) is 24.8. The third-order valence-corrected chi connectivity index (χ3v) is 8.21. The van der Waals surface area contributed by atoms with Crippen LogP contribution in [0.3, 0.4) is 0 Å². The van der Waals surface area contributed by atoms with Gasteiger partial charge in [0.05, 0.1) is 17.7 Å². The van der Waals surface area contributed by atoms with Gasteiger partial charge in [-0.2, -0.15) is 4.31 Å². The van der Waals surface area contributed by atoms with Crippen LogP contribution in [0.25, 0.3) is 0 Å². The van der Waals surface area contributed by atoms with Gasteiger partial charge in [-0.1, -0.05) is 49.4 Å². The second-order valence-electron chi connectivity index (χ2n) is 8.65. The molecule has 0 radical (unpaired) electrons. The summed E-state index contributed by atoms with van der Waals surface area (Å²) in [6, 6.07) is 24.0. The van der Waals surface area contributed by atoms with Crippen LogP contribution in [-0.4, -0.2) is 51.9 Å². The smallest absolute Gasteiger partial charge is 0.243 e. The lowest BCUT2D eigenvalue weighted by molar-refractivity contribution is -0.116. The molecule has 1 saturated heterocycles. The zero-order valence-corrected chi connectivity index (χ0v) is 20.9. The molecule has 4 rings (SSSR count). The Kier molecular flexibility index (Phi) is 7.73. The molecule has 8 heteroatoms. The summed E-state index contributed by atoms with van der Waals surface area (Å²) in [5.74, 6) is 0.759. The van der Waals surface area contributed by atoms with Crippen LogP contribution in [0.4, 0.5) is 11.4 Å². The molecular weight excluding hydrogens is 462 g/mol. The molecule has 0 aromatic heterocycles. The van der Waals surface area contributed by atoms with Gasteiger partial charge < -0.3 is 15.0 Å². The molecule has 1 N–H and O–H groups in total. The molecule has 184 valence electrons. The zero-order chi connectivity index (χ0) is 24.8. The fourth-order valence-corrected chi connectivity index (χ4v) is 5.73. The van der Waals surface area contributed by atoms with Crippen LogP contribution in [-0.2, 0) is 14.8 Å². The number of hydrogen-bond donors (Lipinski definition) is 1. The van der Waals surface area contributed by atoms with Crippen molar-refractivity contribution in [1.29, 1.82) is 0 Å². The summed E-state index contributed by atoms with van der Waals surface area (Å²) < 4.78 is 33.3. The third kappa shape index (κ3) is 5.83. The fraction of sp³-hybridized carbons (Fsp3) is 0.296. The van der Waals surface area contributed by atoms with Crippen molar-refractivity contribution in [3.8, 4) is 5.75 Å². The van der Waals surface area contributed by atoms with Gasteiger partial charge in [-0.05, 0) is 47.9 Å². The van der Waals surface area contributed by atoms with Gasteiger partial charge in [0.2, 0.25) is 15.9 Å². The van der Waals surface area contributed by atoms with Gasteiger partial charge in [-0.15, -0.1) is 0 Å². The molecule has 0 spiro atoms. The number of nitrogens with zero attached hydrogens (tertiary/aromatic N) is 2. The average Bonchev–Trinajstić information content (AvgIpc) is 2.89. The van der Waals surface area contributed by atoms with Crippen LogP contribution in [0.15, 0.2) is 83.8 Å². The normalized spacial score (nSPS) is 15.4. The topological polar surface area (TPSA) is 79.0 Å². The van der Waals surface area contributed by atoms with E-state index in [2.05, 4.69) is 10.2 Å². The van der Waals surface area contributed by atoms with E-state index in [4.69, 9.17) is 4.74 Å². The van der Waals surface area contributed by atoms with Crippen molar-refractivity contribution in [3.05, 3.63) is 84.4 Å². The van der Waals surface area contributed by atoms with Gasteiger partial charge in [0.25, 0.3) is 0 Å². The summed E-state index contributed by atoms with van der Waals surface area (Å²) in [6.45, 7) is 3.94. The van der Waals surface area contributed by atoms with E-state index in [9.17, 15) is 13.2 Å². The SMILES string of the molecule is COc1ccccc1N1CCN(S(=O)(=O)c2ccc(NC(=O)CC(C)c3ccccc3)cc2)CC1. The van der Waals surface area contributed by atoms with Crippen LogP contribution >= 0.6 is 0 Å². The molecule has 1 unspecified atom stereocenters. The molecule has 7 nitrogen and oxygen atoms in total. The monoisotopic (exact) mass is 493 g/mol. The quantitative estimate of drug-likeness (QED) is 0.505. The van der Waals surface area contributed by atoms with Gasteiger partial charge in [-0.25, -0.2) is 8.42 Å². The Bertz CT molecular complexity index is 1240. The highest BCUT2D eigenvalue weighted by molar-refractivity contribution is 7.89. The Hall–Kier alpha value is -3.36. The van der Waals surface area contributed by atoms with Crippen LogP contribution < -0.4 is 15.0 Å². The van der Waals surface area contributed by atoms with E-state index in [-0.39, 0.29) is 16.7 Å². The van der Waals surface area contributed by atoms with Gasteiger partial charge in [0.15, 0.2) is 0 Å². The van der Waals surface area contributed by atoms with Crippen LogP contribution in [0.1, 0.15) is 24.8 Å². The second kappa shape index (κ2) is 10.9. The Morgan fingerprint density at radius 3 is 2.20 bits per heavy atom. The standard InChI is InChI=1S/C27H31N3O4S/c1-21(22-8-4-3-5-9-22)20-27(31)28-23-12-14-24(15-13-23)35(32,33)30-18-16-29(17-19-30)25-10-6-7-11-26(25)34-2/h3-15,21H,16-20H2,1-2H3,(H,28,31). The number of ether oxygens (including phenoxy) is 1. The number of hydrogen-bond acceptors (Lipinski definition) is 5. The molecule has 1 amide bonds. The Morgan fingerprint density at radius 1 is 0.914 bits per heavy atom. The minimum Gasteiger partial charge on any atom is -0.495 e. The number of para-hydroxylation sites is 2. The van der Waals surface area contributed by atoms with Crippen LogP contribution in [0, 0.1) is 0 Å². The molecule has 1 aliphatic rings. The molecule has 0 bridgehead atoms. The number of carbonyl (C=O) groups is 1. The number of rotatable bonds is 8. The number of sulfonamides is 1. The lowest BCUT2D eigenvalue weighted by Gasteiger charge is -2.35. The van der Waals surface area contributed by atoms with E-state index in [1.54, 1.807) is 31.4 Å². The van der Waals surface area contributed by atoms with Gasteiger partial charge in [-0.3, -0.25) is 4.79 Å². The van der Waals surface area contributed by atoms with Crippen molar-refractivity contribution in [2.24, 2.45) is 0 Å². The molecular formula is C27H31N3O4S. The summed E-state index contributed by atoms with van der Waals surface area (Å²) >= 11 is 0. The second-order valence-corrected chi connectivity index (χ2v) is 10.6. The Balaban J connectivity index is 1.35. The maximum atomic E-state index is 13.2. The van der Waals surface area contributed by atoms with E-state index in [0.717, 1.165) is 17.0 Å². The van der Waals surface area contributed by atoms with Crippen molar-refractivity contribution < 1.29 is 17.9 Å². The largest absolute Gasteiger partial charge is 0.495 e. The summed E-state index contributed by atoms with van der Waals surface area (Å²) in [5.41, 5.74) is 2.65. The summed E-state index contributed by atoms with van der Waals surface area (Å²) in [5, 5.41) is 2.87. The number of anilines is 2. The van der Waals surface area contributed by atoms with Gasteiger partial charge in [0, 0.05) is 38.3 Å². The molecule has 0 aliphatic carbocycles. The van der Waals surface area contributed by atoms with Crippen LogP contribution in [0.2, 0.25) is 0 Å². The molecule has 1 fully saturated rings. The minimum atomic E-state index is -3.62. The minimum absolute atomic E-state index is 0.0883. The lowest BCUT2D eigenvalue weighted by atomic mass is 9.97. The van der Waals surface area contributed by atoms with E-state index < -0.39 is 10.0 Å². The third-order valence-electron chi connectivity index (χ3n) is 6.30. The summed E-state index contributed by atoms with van der Waals surface area (Å²) in [7, 11) is -1.99. The zero-order valence-electron chi connectivity index (χ0n) is 20.1. The molecule has 35 heavy (non-hydrogen) atoms. The first-order valence-corrected chi connectivity index (χ1v) is 13.2. The van der Waals surface area contributed by atoms with Crippen molar-refractivity contribution in [1.82, 2.24) is 4.31 Å². The highest BCUT2D eigenvalue weighted by atomic mass is 32.2. The summed E-state index contributed by atoms with van der Waals surface area (Å²) in [6.07, 6.45) is 0.348. The number of carbonyl (C=O) groups excluding carboxylic acids is 1. The van der Waals surface area contributed by atoms with Gasteiger partial charge in [0.1, 0.15) is 5.75 Å². The number of nitrogens with one attached hydrogen (secondary N) is 1. The van der Waals surface area contributed by atoms with Crippen molar-refractivity contribution in [2.45, 2.75) is 24.2 Å². The molecule has 0 saturated carbocycles. The Morgan fingerprint density at radius 2 is 1.54 bits per heavy atom. The molecule has 1 atom stereocenters. The van der Waals surface area contributed by atoms with Crippen LogP contribution in [0.5, 0.6) is 5.75 Å². The predicted octanol–water partition coefficient (Wildman–Crippen LogP) is 4.34. The van der Waals surface area contributed by atoms with E-state index in [1.807, 2.05) is 61.5 Å². The number of methoxy groups -OCH3 is 1. The first-order valence-electron chi connectivity index (χ1n) is 11.7. The highest BCUT2D eigenvalue weighted by Gasteiger charge is 2.29. The number of piperazine rings is 1. The fourth-order valence-electron chi connectivity index (χ4n) is 4.31. The Labute approximate surface area is 207 Å². The number of benzene rings is 3.